The average Bonchev–Trinajstić information content (AvgIpc) is 3.23. The summed E-state index contributed by atoms with van der Waals surface area (Å²) in [6, 6.07) is 12.4. The molecule has 0 atom stereocenters. The maximum atomic E-state index is 12.0. The number of hydrogen-bond acceptors (Lipinski definition) is 8. The Morgan fingerprint density at radius 2 is 1.39 bits per heavy atom. The number of fused-ring (bicyclic) bond motifs is 1. The number of nitrogens with zero attached hydrogens (tertiary/aromatic N) is 1. The van der Waals surface area contributed by atoms with E-state index in [4.69, 9.17) is 14.6 Å². The summed E-state index contributed by atoms with van der Waals surface area (Å²) in [5, 5.41) is 29.0. The Labute approximate surface area is 191 Å². The maximum Gasteiger partial charge on any atom is 0.238 e. The number of carbonyl (C=O) groups is 2. The van der Waals surface area contributed by atoms with Gasteiger partial charge in [0.2, 0.25) is 17.7 Å². The third-order valence-electron chi connectivity index (χ3n) is 4.68. The van der Waals surface area contributed by atoms with Crippen molar-refractivity contribution < 1.29 is 24.2 Å². The highest BCUT2D eigenvalue weighted by atomic mass is 16.3. The molecule has 0 aliphatic carbocycles. The van der Waals surface area contributed by atoms with Crippen LogP contribution in [-0.2, 0) is 9.59 Å². The molecule has 1 heterocycles. The van der Waals surface area contributed by atoms with Gasteiger partial charge in [-0.1, -0.05) is 0 Å². The van der Waals surface area contributed by atoms with Gasteiger partial charge >= 0.3 is 0 Å². The summed E-state index contributed by atoms with van der Waals surface area (Å²) in [4.78, 5) is 28.5. The first-order valence-electron chi connectivity index (χ1n) is 10.8. The van der Waals surface area contributed by atoms with Gasteiger partial charge in [0.05, 0.1) is 13.1 Å². The number of anilines is 2. The number of amides is 2. The normalized spacial score (nSPS) is 11.0. The van der Waals surface area contributed by atoms with E-state index in [0.29, 0.717) is 54.3 Å². The molecular weight excluding hydrogens is 426 g/mol. The lowest BCUT2D eigenvalue weighted by Gasteiger charge is -2.06. The maximum absolute atomic E-state index is 12.0. The minimum Gasteiger partial charge on any atom is -0.436 e. The monoisotopic (exact) mass is 455 g/mol. The summed E-state index contributed by atoms with van der Waals surface area (Å²) in [5.41, 5.74) is 3.23. The van der Waals surface area contributed by atoms with Crippen molar-refractivity contribution in [2.45, 2.75) is 12.8 Å². The number of oxazole rings is 1. The van der Waals surface area contributed by atoms with Crippen LogP contribution in [0.1, 0.15) is 12.8 Å². The molecule has 0 unspecified atom stereocenters. The number of aromatic nitrogens is 1. The molecule has 0 radical (unpaired) electrons. The van der Waals surface area contributed by atoms with Gasteiger partial charge in [-0.05, 0) is 68.4 Å². The van der Waals surface area contributed by atoms with Gasteiger partial charge < -0.3 is 35.9 Å². The molecule has 0 aliphatic rings. The van der Waals surface area contributed by atoms with E-state index < -0.39 is 0 Å². The van der Waals surface area contributed by atoms with Crippen LogP contribution >= 0.6 is 0 Å². The first-order chi connectivity index (χ1) is 16.1. The second-order valence-electron chi connectivity index (χ2n) is 7.38. The lowest BCUT2D eigenvalue weighted by atomic mass is 10.2. The van der Waals surface area contributed by atoms with Crippen LogP contribution in [0, 0.1) is 0 Å². The van der Waals surface area contributed by atoms with Crippen molar-refractivity contribution in [1.82, 2.24) is 15.6 Å². The van der Waals surface area contributed by atoms with E-state index in [1.807, 2.05) is 0 Å². The SMILES string of the molecule is O=C(CNCCCO)Nc1ccc(-c2nc3cc(NC(=O)CNCCCO)ccc3o2)cc1. The molecule has 0 bridgehead atoms. The molecule has 6 N–H and O–H groups in total. The van der Waals surface area contributed by atoms with Gasteiger partial charge in [0, 0.05) is 30.2 Å². The van der Waals surface area contributed by atoms with Crippen molar-refractivity contribution in [3.8, 4) is 11.5 Å². The lowest BCUT2D eigenvalue weighted by molar-refractivity contribution is -0.116. The Morgan fingerprint density at radius 3 is 2.00 bits per heavy atom. The van der Waals surface area contributed by atoms with E-state index in [1.165, 1.54) is 0 Å². The molecule has 1 aromatic heterocycles. The summed E-state index contributed by atoms with van der Waals surface area (Å²) in [6.45, 7) is 1.65. The van der Waals surface area contributed by atoms with Crippen molar-refractivity contribution in [1.29, 1.82) is 0 Å². The van der Waals surface area contributed by atoms with E-state index in [0.717, 1.165) is 5.56 Å². The van der Waals surface area contributed by atoms with E-state index >= 15 is 0 Å². The molecule has 2 amide bonds. The average molecular weight is 456 g/mol. The van der Waals surface area contributed by atoms with Gasteiger partial charge in [0.15, 0.2) is 5.58 Å². The summed E-state index contributed by atoms with van der Waals surface area (Å²) in [5.74, 6) is 0.0839. The summed E-state index contributed by atoms with van der Waals surface area (Å²) in [7, 11) is 0. The summed E-state index contributed by atoms with van der Waals surface area (Å²) >= 11 is 0. The van der Waals surface area contributed by atoms with Crippen LogP contribution in [-0.4, -0.2) is 66.4 Å². The molecule has 33 heavy (non-hydrogen) atoms. The molecule has 3 aromatic rings. The van der Waals surface area contributed by atoms with Crippen LogP contribution in [0.3, 0.4) is 0 Å². The Kier molecular flexibility index (Phi) is 9.33. The second kappa shape index (κ2) is 12.7. The quantitative estimate of drug-likeness (QED) is 0.211. The van der Waals surface area contributed by atoms with Gasteiger partial charge in [0.25, 0.3) is 0 Å². The largest absolute Gasteiger partial charge is 0.436 e. The first-order valence-corrected chi connectivity index (χ1v) is 10.8. The number of benzene rings is 2. The van der Waals surface area contributed by atoms with Crippen molar-refractivity contribution in [3.05, 3.63) is 42.5 Å². The van der Waals surface area contributed by atoms with Crippen LogP contribution in [0.5, 0.6) is 0 Å². The van der Waals surface area contributed by atoms with Crippen LogP contribution in [0.15, 0.2) is 46.9 Å². The highest BCUT2D eigenvalue weighted by molar-refractivity contribution is 5.94. The molecular formula is C23H29N5O5. The fourth-order valence-corrected chi connectivity index (χ4v) is 3.05. The first kappa shape index (κ1) is 24.3. The number of aliphatic hydroxyl groups excluding tert-OH is 2. The molecule has 0 aliphatic heterocycles. The summed E-state index contributed by atoms with van der Waals surface area (Å²) < 4.78 is 5.83. The van der Waals surface area contributed by atoms with Crippen molar-refractivity contribution in [2.24, 2.45) is 0 Å². The Morgan fingerprint density at radius 1 is 0.818 bits per heavy atom. The number of aliphatic hydroxyl groups is 2. The second-order valence-corrected chi connectivity index (χ2v) is 7.38. The number of rotatable bonds is 13. The third-order valence-corrected chi connectivity index (χ3v) is 4.68. The zero-order valence-corrected chi connectivity index (χ0v) is 18.3. The predicted molar refractivity (Wildman–Crippen MR) is 126 cm³/mol. The third kappa shape index (κ3) is 7.65. The van der Waals surface area contributed by atoms with E-state index in [-0.39, 0.29) is 38.1 Å². The molecule has 0 saturated carbocycles. The highest BCUT2D eigenvalue weighted by Crippen LogP contribution is 2.27. The fraction of sp³-hybridized carbons (Fsp3) is 0.348. The Hall–Kier alpha value is -3.31. The van der Waals surface area contributed by atoms with Crippen LogP contribution in [0.25, 0.3) is 22.6 Å². The molecule has 10 heteroatoms. The van der Waals surface area contributed by atoms with E-state index in [2.05, 4.69) is 26.3 Å². The van der Waals surface area contributed by atoms with Gasteiger partial charge in [-0.25, -0.2) is 4.98 Å². The van der Waals surface area contributed by atoms with Crippen LogP contribution in [0.2, 0.25) is 0 Å². The predicted octanol–water partition coefficient (Wildman–Crippen LogP) is 1.32. The smallest absolute Gasteiger partial charge is 0.238 e. The van der Waals surface area contributed by atoms with E-state index in [1.54, 1.807) is 42.5 Å². The van der Waals surface area contributed by atoms with Gasteiger partial charge in [-0.2, -0.15) is 0 Å². The zero-order valence-electron chi connectivity index (χ0n) is 18.3. The highest BCUT2D eigenvalue weighted by Gasteiger charge is 2.11. The van der Waals surface area contributed by atoms with Crippen LogP contribution < -0.4 is 21.3 Å². The molecule has 0 fully saturated rings. The van der Waals surface area contributed by atoms with Crippen LogP contribution in [0.4, 0.5) is 11.4 Å². The molecule has 0 saturated heterocycles. The molecule has 2 aromatic carbocycles. The number of nitrogens with one attached hydrogen (secondary N) is 4. The standard InChI is InChI=1S/C23H29N5O5/c29-11-1-9-24-14-21(31)26-17-5-3-16(4-6-17)23-28-19-13-18(7-8-20(19)33-23)27-22(32)15-25-10-2-12-30/h3-8,13,24-25,29-30H,1-2,9-12,14-15H2,(H,26,31)(H,27,32). The number of carbonyl (C=O) groups excluding carboxylic acids is 2. The topological polar surface area (TPSA) is 149 Å². The fourth-order valence-electron chi connectivity index (χ4n) is 3.05. The van der Waals surface area contributed by atoms with Gasteiger partial charge in [0.1, 0.15) is 5.52 Å². The Bertz CT molecular complexity index is 1050. The molecule has 10 nitrogen and oxygen atoms in total. The van der Waals surface area contributed by atoms with Gasteiger partial charge in [-0.3, -0.25) is 9.59 Å². The molecule has 176 valence electrons. The zero-order chi connectivity index (χ0) is 23.5. The van der Waals surface area contributed by atoms with Crippen molar-refractivity contribution >= 4 is 34.3 Å². The van der Waals surface area contributed by atoms with Crippen molar-refractivity contribution in [3.63, 3.8) is 0 Å². The number of hydrogen-bond donors (Lipinski definition) is 6. The molecule has 3 rings (SSSR count). The van der Waals surface area contributed by atoms with Gasteiger partial charge in [-0.15, -0.1) is 0 Å². The Balaban J connectivity index is 1.57. The minimum absolute atomic E-state index is 0.0841. The van der Waals surface area contributed by atoms with E-state index in [9.17, 15) is 9.59 Å². The van der Waals surface area contributed by atoms with Crippen molar-refractivity contribution in [2.75, 3.05) is 50.0 Å². The summed E-state index contributed by atoms with van der Waals surface area (Å²) in [6.07, 6.45) is 1.19. The minimum atomic E-state index is -0.183. The molecule has 0 spiro atoms. The lowest BCUT2D eigenvalue weighted by Crippen LogP contribution is -2.29.